The molecule has 0 saturated heterocycles. The molecule has 0 spiro atoms. The van der Waals surface area contributed by atoms with Gasteiger partial charge in [-0.25, -0.2) is 0 Å². The Labute approximate surface area is 122 Å². The van der Waals surface area contributed by atoms with Crippen molar-refractivity contribution in [2.24, 2.45) is 0 Å². The Morgan fingerprint density at radius 1 is 1.16 bits per heavy atom. The molecular formula is C17H26OS. The summed E-state index contributed by atoms with van der Waals surface area (Å²) >= 11 is 1.95. The molecule has 0 fully saturated rings. The highest BCUT2D eigenvalue weighted by atomic mass is 32.2. The van der Waals surface area contributed by atoms with Crippen molar-refractivity contribution in [1.29, 1.82) is 0 Å². The summed E-state index contributed by atoms with van der Waals surface area (Å²) in [6, 6.07) is 10.5. The molecule has 1 aromatic rings. The van der Waals surface area contributed by atoms with Crippen molar-refractivity contribution < 1.29 is 4.79 Å². The number of carbonyl (C=O) groups is 1. The summed E-state index contributed by atoms with van der Waals surface area (Å²) in [6.07, 6.45) is 6.38. The molecule has 0 aliphatic carbocycles. The van der Waals surface area contributed by atoms with Gasteiger partial charge in [-0.05, 0) is 12.0 Å². The van der Waals surface area contributed by atoms with Crippen LogP contribution in [0.5, 0.6) is 0 Å². The van der Waals surface area contributed by atoms with Crippen LogP contribution in [-0.2, 0) is 10.5 Å². The van der Waals surface area contributed by atoms with E-state index in [-0.39, 0.29) is 0 Å². The molecule has 0 saturated carbocycles. The summed E-state index contributed by atoms with van der Waals surface area (Å²) < 4.78 is 0. The molecule has 0 bridgehead atoms. The van der Waals surface area contributed by atoms with Gasteiger partial charge in [0.1, 0.15) is 5.78 Å². The molecule has 2 heteroatoms. The second-order valence-corrected chi connectivity index (χ2v) is 6.30. The van der Waals surface area contributed by atoms with Crippen molar-refractivity contribution in [3.63, 3.8) is 0 Å². The molecule has 106 valence electrons. The predicted molar refractivity (Wildman–Crippen MR) is 85.6 cm³/mol. The van der Waals surface area contributed by atoms with Crippen LogP contribution in [0.25, 0.3) is 0 Å². The van der Waals surface area contributed by atoms with Crippen LogP contribution in [0.2, 0.25) is 0 Å². The van der Waals surface area contributed by atoms with Crippen LogP contribution >= 0.6 is 11.8 Å². The molecule has 1 aromatic carbocycles. The number of thioether (sulfide) groups is 1. The highest BCUT2D eigenvalue weighted by Gasteiger charge is 2.13. The summed E-state index contributed by atoms with van der Waals surface area (Å²) in [5.74, 6) is 1.43. The van der Waals surface area contributed by atoms with Crippen molar-refractivity contribution >= 4 is 17.5 Å². The van der Waals surface area contributed by atoms with E-state index in [1.165, 1.54) is 31.2 Å². The molecule has 0 N–H and O–H groups in total. The van der Waals surface area contributed by atoms with Crippen LogP contribution in [0, 0.1) is 0 Å². The quantitative estimate of drug-likeness (QED) is 0.545. The van der Waals surface area contributed by atoms with Crippen molar-refractivity contribution in [2.75, 3.05) is 0 Å². The minimum absolute atomic E-state index is 0.405. The van der Waals surface area contributed by atoms with Gasteiger partial charge in [0, 0.05) is 23.8 Å². The highest BCUT2D eigenvalue weighted by molar-refractivity contribution is 7.99. The lowest BCUT2D eigenvalue weighted by Crippen LogP contribution is -2.10. The highest BCUT2D eigenvalue weighted by Crippen LogP contribution is 2.25. The number of Topliss-reactive ketones (excluding diaryl/α,β-unsaturated/α-hetero) is 1. The Kier molecular flexibility index (Phi) is 8.64. The number of benzene rings is 1. The van der Waals surface area contributed by atoms with Gasteiger partial charge in [0.15, 0.2) is 0 Å². The number of rotatable bonds is 10. The molecule has 0 heterocycles. The number of carbonyl (C=O) groups excluding carboxylic acids is 1. The van der Waals surface area contributed by atoms with Gasteiger partial charge in [0.2, 0.25) is 0 Å². The molecule has 0 aromatic heterocycles. The fourth-order valence-electron chi connectivity index (χ4n) is 2.05. The molecule has 0 amide bonds. The monoisotopic (exact) mass is 278 g/mol. The van der Waals surface area contributed by atoms with Crippen LogP contribution in [0.3, 0.4) is 0 Å². The Hall–Kier alpha value is -0.760. The van der Waals surface area contributed by atoms with Gasteiger partial charge in [0.05, 0.1) is 0 Å². The van der Waals surface area contributed by atoms with Crippen molar-refractivity contribution in [3.05, 3.63) is 35.9 Å². The predicted octanol–water partition coefficient (Wildman–Crippen LogP) is 5.24. The minimum atomic E-state index is 0.405. The Morgan fingerprint density at radius 3 is 2.53 bits per heavy atom. The van der Waals surface area contributed by atoms with Crippen molar-refractivity contribution in [2.45, 2.75) is 63.4 Å². The third-order valence-corrected chi connectivity index (χ3v) is 4.68. The van der Waals surface area contributed by atoms with Crippen LogP contribution in [0.4, 0.5) is 0 Å². The maximum Gasteiger partial charge on any atom is 0.133 e. The number of unbranched alkanes of at least 4 members (excludes halogenated alkanes) is 2. The lowest BCUT2D eigenvalue weighted by molar-refractivity contribution is -0.118. The van der Waals surface area contributed by atoms with E-state index in [1.54, 1.807) is 0 Å². The van der Waals surface area contributed by atoms with Gasteiger partial charge < -0.3 is 0 Å². The zero-order chi connectivity index (χ0) is 13.9. The first-order valence-electron chi connectivity index (χ1n) is 7.43. The summed E-state index contributed by atoms with van der Waals surface area (Å²) in [7, 11) is 0. The van der Waals surface area contributed by atoms with Gasteiger partial charge in [-0.1, -0.05) is 63.4 Å². The average molecular weight is 278 g/mol. The number of ketones is 1. The van der Waals surface area contributed by atoms with Crippen LogP contribution < -0.4 is 0 Å². The molecule has 0 unspecified atom stereocenters. The van der Waals surface area contributed by atoms with Gasteiger partial charge in [-0.3, -0.25) is 4.79 Å². The maximum atomic E-state index is 11.7. The van der Waals surface area contributed by atoms with E-state index in [0.717, 1.165) is 12.2 Å². The van der Waals surface area contributed by atoms with Gasteiger partial charge in [0.25, 0.3) is 0 Å². The van der Waals surface area contributed by atoms with Crippen LogP contribution in [0.1, 0.15) is 57.9 Å². The first-order chi connectivity index (χ1) is 9.26. The standard InChI is InChI=1S/C17H26OS/c1-3-5-7-12-17(13-16(18)4-2)19-14-15-10-8-6-9-11-15/h6,8-11,17H,3-5,7,12-14H2,1-2H3/t17-/m1/s1. The van der Waals surface area contributed by atoms with E-state index in [2.05, 4.69) is 31.2 Å². The van der Waals surface area contributed by atoms with Crippen LogP contribution in [0.15, 0.2) is 30.3 Å². The van der Waals surface area contributed by atoms with Gasteiger partial charge in [-0.15, -0.1) is 0 Å². The summed E-state index contributed by atoms with van der Waals surface area (Å²) in [6.45, 7) is 4.19. The van der Waals surface area contributed by atoms with E-state index in [9.17, 15) is 4.79 Å². The average Bonchev–Trinajstić information content (AvgIpc) is 2.45. The second kappa shape index (κ2) is 10.1. The third kappa shape index (κ3) is 7.41. The molecule has 1 nitrogen and oxygen atoms in total. The van der Waals surface area contributed by atoms with E-state index in [0.29, 0.717) is 17.5 Å². The minimum Gasteiger partial charge on any atom is -0.300 e. The topological polar surface area (TPSA) is 17.1 Å². The second-order valence-electron chi connectivity index (χ2n) is 5.01. The molecule has 19 heavy (non-hydrogen) atoms. The molecular weight excluding hydrogens is 252 g/mol. The smallest absolute Gasteiger partial charge is 0.133 e. The fraction of sp³-hybridized carbons (Fsp3) is 0.588. The van der Waals surface area contributed by atoms with Crippen molar-refractivity contribution in [1.82, 2.24) is 0 Å². The molecule has 0 aliphatic rings. The lowest BCUT2D eigenvalue weighted by atomic mass is 10.1. The first-order valence-corrected chi connectivity index (χ1v) is 8.48. The van der Waals surface area contributed by atoms with E-state index in [1.807, 2.05) is 24.8 Å². The molecule has 1 rings (SSSR count). The molecule has 0 radical (unpaired) electrons. The Bertz CT molecular complexity index is 348. The van der Waals surface area contributed by atoms with Gasteiger partial charge >= 0.3 is 0 Å². The maximum absolute atomic E-state index is 11.7. The summed E-state index contributed by atoms with van der Waals surface area (Å²) in [5, 5.41) is 0.499. The zero-order valence-corrected chi connectivity index (χ0v) is 13.0. The molecule has 1 atom stereocenters. The Balaban J connectivity index is 2.41. The SMILES string of the molecule is CCCCC[C@H](CC(=O)CC)SCc1ccccc1. The third-order valence-electron chi connectivity index (χ3n) is 3.31. The largest absolute Gasteiger partial charge is 0.300 e. The lowest BCUT2D eigenvalue weighted by Gasteiger charge is -2.15. The summed E-state index contributed by atoms with van der Waals surface area (Å²) in [4.78, 5) is 11.7. The zero-order valence-electron chi connectivity index (χ0n) is 12.2. The molecule has 0 aliphatic heterocycles. The number of hydrogen-bond acceptors (Lipinski definition) is 2. The van der Waals surface area contributed by atoms with Gasteiger partial charge in [-0.2, -0.15) is 11.8 Å². The number of hydrogen-bond donors (Lipinski definition) is 0. The van der Waals surface area contributed by atoms with E-state index < -0.39 is 0 Å². The Morgan fingerprint density at radius 2 is 1.89 bits per heavy atom. The van der Waals surface area contributed by atoms with E-state index in [4.69, 9.17) is 0 Å². The van der Waals surface area contributed by atoms with E-state index >= 15 is 0 Å². The van der Waals surface area contributed by atoms with Crippen molar-refractivity contribution in [3.8, 4) is 0 Å². The fourth-order valence-corrected chi connectivity index (χ4v) is 3.31. The summed E-state index contributed by atoms with van der Waals surface area (Å²) in [5.41, 5.74) is 1.36. The van der Waals surface area contributed by atoms with Crippen LogP contribution in [-0.4, -0.2) is 11.0 Å². The first kappa shape index (κ1) is 16.3. The normalized spacial score (nSPS) is 12.3.